The molecule has 2 heterocycles. The molecule has 0 saturated heterocycles. The molecular formula is C10H9ClN2O3S. The van der Waals surface area contributed by atoms with E-state index in [4.69, 9.17) is 16.7 Å². The van der Waals surface area contributed by atoms with Crippen molar-refractivity contribution < 1.29 is 9.90 Å². The Hall–Kier alpha value is -1.40. The molecule has 5 nitrogen and oxygen atoms in total. The number of aromatic carboxylic acids is 1. The average molecular weight is 273 g/mol. The largest absolute Gasteiger partial charge is 0.477 e. The molecule has 0 bridgehead atoms. The number of nitrogens with one attached hydrogen (secondary N) is 1. The summed E-state index contributed by atoms with van der Waals surface area (Å²) in [5.74, 6) is -0.701. The number of aryl methyl sites for hydroxylation is 1. The van der Waals surface area contributed by atoms with Crippen molar-refractivity contribution in [3.63, 3.8) is 0 Å². The highest BCUT2D eigenvalue weighted by molar-refractivity contribution is 7.20. The number of hydrogen-bond acceptors (Lipinski definition) is 4. The van der Waals surface area contributed by atoms with Crippen LogP contribution in [0.4, 0.5) is 0 Å². The van der Waals surface area contributed by atoms with E-state index in [9.17, 15) is 9.59 Å². The molecule has 2 rings (SSSR count). The van der Waals surface area contributed by atoms with Gasteiger partial charge in [-0.2, -0.15) is 0 Å². The zero-order chi connectivity index (χ0) is 12.7. The molecule has 1 atom stereocenters. The molecule has 0 aliphatic rings. The number of nitrogens with zero attached hydrogens (tertiary/aromatic N) is 1. The molecule has 2 aromatic heterocycles. The Balaban J connectivity index is 2.83. The highest BCUT2D eigenvalue weighted by Gasteiger charge is 2.19. The molecule has 0 aliphatic heterocycles. The Morgan fingerprint density at radius 1 is 1.59 bits per heavy atom. The zero-order valence-corrected chi connectivity index (χ0v) is 10.6. The van der Waals surface area contributed by atoms with Crippen molar-refractivity contribution in [1.29, 1.82) is 0 Å². The van der Waals surface area contributed by atoms with Crippen LogP contribution < -0.4 is 5.56 Å². The van der Waals surface area contributed by atoms with Crippen molar-refractivity contribution in [2.24, 2.45) is 0 Å². The first-order valence-electron chi connectivity index (χ1n) is 4.82. The van der Waals surface area contributed by atoms with E-state index in [1.807, 2.05) is 0 Å². The number of rotatable bonds is 2. The van der Waals surface area contributed by atoms with Gasteiger partial charge in [-0.25, -0.2) is 9.78 Å². The number of thiophene rings is 1. The van der Waals surface area contributed by atoms with Gasteiger partial charge in [0, 0.05) is 0 Å². The molecule has 1 unspecified atom stereocenters. The van der Waals surface area contributed by atoms with Gasteiger partial charge in [0.15, 0.2) is 0 Å². The topological polar surface area (TPSA) is 83.0 Å². The molecule has 90 valence electrons. The van der Waals surface area contributed by atoms with Gasteiger partial charge in [0.1, 0.15) is 15.5 Å². The Labute approximate surface area is 105 Å². The van der Waals surface area contributed by atoms with Gasteiger partial charge in [0.25, 0.3) is 5.56 Å². The molecule has 17 heavy (non-hydrogen) atoms. The van der Waals surface area contributed by atoms with Gasteiger partial charge >= 0.3 is 5.97 Å². The quantitative estimate of drug-likeness (QED) is 0.822. The van der Waals surface area contributed by atoms with Crippen LogP contribution in [0.1, 0.15) is 33.4 Å². The number of fused-ring (bicyclic) bond motifs is 1. The summed E-state index contributed by atoms with van der Waals surface area (Å²) in [4.78, 5) is 30.1. The summed E-state index contributed by atoms with van der Waals surface area (Å²) in [5, 5.41) is 8.88. The molecule has 0 fully saturated rings. The first-order valence-corrected chi connectivity index (χ1v) is 6.07. The summed E-state index contributed by atoms with van der Waals surface area (Å²) in [6.45, 7) is 3.28. The highest BCUT2D eigenvalue weighted by atomic mass is 35.5. The van der Waals surface area contributed by atoms with E-state index in [1.54, 1.807) is 13.8 Å². The fourth-order valence-corrected chi connectivity index (χ4v) is 2.68. The van der Waals surface area contributed by atoms with Gasteiger partial charge in [-0.15, -0.1) is 22.9 Å². The van der Waals surface area contributed by atoms with E-state index in [0.29, 0.717) is 21.6 Å². The molecule has 7 heteroatoms. The predicted molar refractivity (Wildman–Crippen MR) is 66.2 cm³/mol. The number of carboxylic acid groups (broad SMARTS) is 1. The van der Waals surface area contributed by atoms with Crippen molar-refractivity contribution in [3.05, 3.63) is 26.6 Å². The van der Waals surface area contributed by atoms with Gasteiger partial charge < -0.3 is 10.1 Å². The van der Waals surface area contributed by atoms with E-state index in [0.717, 1.165) is 11.3 Å². The van der Waals surface area contributed by atoms with E-state index < -0.39 is 11.3 Å². The maximum atomic E-state index is 11.8. The van der Waals surface area contributed by atoms with Gasteiger partial charge in [0.2, 0.25) is 0 Å². The van der Waals surface area contributed by atoms with Gasteiger partial charge in [-0.3, -0.25) is 4.79 Å². The van der Waals surface area contributed by atoms with Crippen molar-refractivity contribution in [2.75, 3.05) is 0 Å². The van der Waals surface area contributed by atoms with Crippen LogP contribution in [0.2, 0.25) is 0 Å². The summed E-state index contributed by atoms with van der Waals surface area (Å²) in [5.41, 5.74) is 0.0961. The summed E-state index contributed by atoms with van der Waals surface area (Å²) >= 11 is 6.83. The maximum Gasteiger partial charge on any atom is 0.346 e. The van der Waals surface area contributed by atoms with Crippen LogP contribution in [0.15, 0.2) is 4.79 Å². The summed E-state index contributed by atoms with van der Waals surface area (Å²) in [7, 11) is 0. The lowest BCUT2D eigenvalue weighted by atomic mass is 10.2. The number of carbonyl (C=O) groups is 1. The number of aromatic amines is 1. The molecule has 2 aromatic rings. The van der Waals surface area contributed by atoms with Crippen LogP contribution in [0, 0.1) is 6.92 Å². The van der Waals surface area contributed by atoms with E-state index in [-0.39, 0.29) is 10.4 Å². The van der Waals surface area contributed by atoms with Crippen LogP contribution in [-0.4, -0.2) is 21.0 Å². The maximum absolute atomic E-state index is 11.8. The van der Waals surface area contributed by atoms with Crippen LogP contribution in [0.5, 0.6) is 0 Å². The van der Waals surface area contributed by atoms with Crippen LogP contribution >= 0.6 is 22.9 Å². The number of aromatic nitrogens is 2. The number of hydrogen-bond donors (Lipinski definition) is 2. The van der Waals surface area contributed by atoms with Crippen molar-refractivity contribution in [3.8, 4) is 0 Å². The SMILES string of the molecule is Cc1c(C(=O)O)sc2nc(C(C)Cl)[nH]c(=O)c12. The highest BCUT2D eigenvalue weighted by Crippen LogP contribution is 2.28. The number of carboxylic acids is 1. The molecular weight excluding hydrogens is 264 g/mol. The Bertz CT molecular complexity index is 659. The lowest BCUT2D eigenvalue weighted by molar-refractivity contribution is 0.0701. The Morgan fingerprint density at radius 3 is 2.76 bits per heavy atom. The molecule has 0 saturated carbocycles. The molecule has 0 aliphatic carbocycles. The predicted octanol–water partition coefficient (Wildman–Crippen LogP) is 2.29. The Kier molecular flexibility index (Phi) is 2.92. The number of alkyl halides is 1. The third-order valence-corrected chi connectivity index (χ3v) is 3.77. The van der Waals surface area contributed by atoms with Crippen molar-refractivity contribution in [1.82, 2.24) is 9.97 Å². The summed E-state index contributed by atoms with van der Waals surface area (Å²) < 4.78 is 0. The minimum absolute atomic E-state index is 0.136. The lowest BCUT2D eigenvalue weighted by Crippen LogP contribution is -2.11. The van der Waals surface area contributed by atoms with Crippen LogP contribution in [0.3, 0.4) is 0 Å². The van der Waals surface area contributed by atoms with E-state index >= 15 is 0 Å². The number of halogens is 1. The number of H-pyrrole nitrogens is 1. The molecule has 0 aromatic carbocycles. The van der Waals surface area contributed by atoms with Gasteiger partial charge in [0.05, 0.1) is 10.8 Å². The smallest absolute Gasteiger partial charge is 0.346 e. The second-order valence-electron chi connectivity index (χ2n) is 3.61. The van der Waals surface area contributed by atoms with Gasteiger partial charge in [-0.1, -0.05) is 0 Å². The third kappa shape index (κ3) is 1.94. The average Bonchev–Trinajstić information content (AvgIpc) is 2.56. The minimum atomic E-state index is -1.05. The van der Waals surface area contributed by atoms with Crippen molar-refractivity contribution in [2.45, 2.75) is 19.2 Å². The molecule has 2 N–H and O–H groups in total. The van der Waals surface area contributed by atoms with Gasteiger partial charge in [-0.05, 0) is 19.4 Å². The summed E-state index contributed by atoms with van der Waals surface area (Å²) in [6, 6.07) is 0. The minimum Gasteiger partial charge on any atom is -0.477 e. The zero-order valence-electron chi connectivity index (χ0n) is 9.07. The molecule has 0 spiro atoms. The van der Waals surface area contributed by atoms with Crippen LogP contribution in [0.25, 0.3) is 10.2 Å². The standard InChI is InChI=1S/C10H9ClN2O3S/c1-3-5-8(14)12-7(4(2)11)13-9(5)17-6(3)10(15)16/h4H,1-2H3,(H,15,16)(H,12,13,14). The lowest BCUT2D eigenvalue weighted by Gasteiger charge is -2.01. The second-order valence-corrected chi connectivity index (χ2v) is 5.26. The first-order chi connectivity index (χ1) is 7.91. The molecule has 0 amide bonds. The fourth-order valence-electron chi connectivity index (χ4n) is 1.55. The van der Waals surface area contributed by atoms with Crippen LogP contribution in [-0.2, 0) is 0 Å². The van der Waals surface area contributed by atoms with E-state index in [2.05, 4.69) is 9.97 Å². The molecule has 0 radical (unpaired) electrons. The van der Waals surface area contributed by atoms with E-state index in [1.165, 1.54) is 0 Å². The first kappa shape index (κ1) is 12.1. The summed E-state index contributed by atoms with van der Waals surface area (Å²) in [6.07, 6.45) is 0. The second kappa shape index (κ2) is 4.12. The normalized spacial score (nSPS) is 12.9. The fraction of sp³-hybridized carbons (Fsp3) is 0.300. The van der Waals surface area contributed by atoms with Crippen molar-refractivity contribution >= 4 is 39.1 Å². The monoisotopic (exact) mass is 272 g/mol. The third-order valence-electron chi connectivity index (χ3n) is 2.39. The Morgan fingerprint density at radius 2 is 2.24 bits per heavy atom.